The monoisotopic (exact) mass is 471 g/mol. The quantitative estimate of drug-likeness (QED) is 0.283. The van der Waals surface area contributed by atoms with Gasteiger partial charge in [-0.2, -0.15) is 0 Å². The third-order valence-electron chi connectivity index (χ3n) is 5.08. The van der Waals surface area contributed by atoms with Crippen molar-refractivity contribution in [3.05, 3.63) is 87.3 Å². The first-order valence-electron chi connectivity index (χ1n) is 9.87. The number of carbonyl (C=O) groups excluding carboxylic acids is 2. The van der Waals surface area contributed by atoms with Gasteiger partial charge in [-0.3, -0.25) is 14.5 Å². The van der Waals surface area contributed by atoms with E-state index in [-0.39, 0.29) is 11.3 Å². The standard InChI is InChI=1S/C24H19Cl2NO5/c1-3-31-19-12-14(5-10-17(19)26)22(28)20-21(18-11-4-13(2)32-18)27(24(30)23(20)29)16-8-6-15(25)7-9-16/h4-12,21,28H,3H2,1-2H3/b22-20-. The summed E-state index contributed by atoms with van der Waals surface area (Å²) in [5.41, 5.74) is 0.644. The molecule has 8 heteroatoms. The Kier molecular flexibility index (Phi) is 6.00. The number of aliphatic hydroxyl groups excluding tert-OH is 1. The summed E-state index contributed by atoms with van der Waals surface area (Å²) >= 11 is 12.1. The van der Waals surface area contributed by atoms with Crippen LogP contribution in [-0.2, 0) is 9.59 Å². The van der Waals surface area contributed by atoms with Gasteiger partial charge in [0, 0.05) is 16.3 Å². The van der Waals surface area contributed by atoms with E-state index in [4.69, 9.17) is 32.4 Å². The molecule has 1 aliphatic rings. The van der Waals surface area contributed by atoms with E-state index in [2.05, 4.69) is 0 Å². The van der Waals surface area contributed by atoms with Crippen molar-refractivity contribution in [2.45, 2.75) is 19.9 Å². The van der Waals surface area contributed by atoms with Gasteiger partial charge in [0.05, 0.1) is 17.2 Å². The Balaban J connectivity index is 1.91. The van der Waals surface area contributed by atoms with Crippen LogP contribution >= 0.6 is 23.2 Å². The van der Waals surface area contributed by atoms with E-state index in [1.54, 1.807) is 62.4 Å². The number of halogens is 2. The molecule has 1 amide bonds. The molecule has 4 rings (SSSR count). The largest absolute Gasteiger partial charge is 0.507 e. The number of Topliss-reactive ketones (excluding diaryl/α,β-unsaturated/α-hetero) is 1. The molecule has 32 heavy (non-hydrogen) atoms. The fourth-order valence-corrected chi connectivity index (χ4v) is 3.94. The van der Waals surface area contributed by atoms with E-state index in [0.29, 0.717) is 45.2 Å². The molecule has 1 saturated heterocycles. The second kappa shape index (κ2) is 8.73. The highest BCUT2D eigenvalue weighted by atomic mass is 35.5. The highest BCUT2D eigenvalue weighted by Crippen LogP contribution is 2.43. The summed E-state index contributed by atoms with van der Waals surface area (Å²) in [6, 6.07) is 13.6. The van der Waals surface area contributed by atoms with Gasteiger partial charge in [0.25, 0.3) is 11.7 Å². The molecule has 2 aromatic carbocycles. The topological polar surface area (TPSA) is 80.0 Å². The second-order valence-corrected chi connectivity index (χ2v) is 8.02. The lowest BCUT2D eigenvalue weighted by Gasteiger charge is -2.23. The first kappa shape index (κ1) is 22.0. The smallest absolute Gasteiger partial charge is 0.300 e. The van der Waals surface area contributed by atoms with Crippen LogP contribution in [0.25, 0.3) is 5.76 Å². The number of aliphatic hydroxyl groups is 1. The Morgan fingerprint density at radius 3 is 2.44 bits per heavy atom. The van der Waals surface area contributed by atoms with E-state index < -0.39 is 17.7 Å². The summed E-state index contributed by atoms with van der Waals surface area (Å²) in [6.45, 7) is 3.93. The molecule has 1 fully saturated rings. The van der Waals surface area contributed by atoms with Crippen molar-refractivity contribution < 1.29 is 23.8 Å². The number of hydrogen-bond donors (Lipinski definition) is 1. The minimum Gasteiger partial charge on any atom is -0.507 e. The van der Waals surface area contributed by atoms with Gasteiger partial charge in [-0.05, 0) is 68.4 Å². The normalized spacial score (nSPS) is 17.8. The summed E-state index contributed by atoms with van der Waals surface area (Å²) < 4.78 is 11.3. The van der Waals surface area contributed by atoms with Crippen molar-refractivity contribution >= 4 is 46.3 Å². The lowest BCUT2D eigenvalue weighted by atomic mass is 9.99. The van der Waals surface area contributed by atoms with Crippen molar-refractivity contribution in [1.82, 2.24) is 0 Å². The maximum absolute atomic E-state index is 13.1. The number of benzene rings is 2. The molecule has 0 radical (unpaired) electrons. The zero-order valence-electron chi connectivity index (χ0n) is 17.3. The lowest BCUT2D eigenvalue weighted by Crippen LogP contribution is -2.29. The third kappa shape index (κ3) is 3.87. The Morgan fingerprint density at radius 2 is 1.81 bits per heavy atom. The van der Waals surface area contributed by atoms with Crippen LogP contribution < -0.4 is 9.64 Å². The van der Waals surface area contributed by atoms with Crippen LogP contribution in [-0.4, -0.2) is 23.4 Å². The van der Waals surface area contributed by atoms with Gasteiger partial charge >= 0.3 is 0 Å². The number of carbonyl (C=O) groups is 2. The molecule has 1 N–H and O–H groups in total. The molecule has 3 aromatic rings. The number of nitrogens with zero attached hydrogens (tertiary/aromatic N) is 1. The van der Waals surface area contributed by atoms with Crippen LogP contribution in [0.3, 0.4) is 0 Å². The van der Waals surface area contributed by atoms with Crippen molar-refractivity contribution in [3.63, 3.8) is 0 Å². The molecule has 6 nitrogen and oxygen atoms in total. The molecule has 1 aromatic heterocycles. The molecular weight excluding hydrogens is 453 g/mol. The Labute approximate surface area is 194 Å². The Hall–Kier alpha value is -3.22. The Morgan fingerprint density at radius 1 is 1.09 bits per heavy atom. The Bertz CT molecular complexity index is 1230. The van der Waals surface area contributed by atoms with Gasteiger partial charge in [0.2, 0.25) is 0 Å². The summed E-state index contributed by atoms with van der Waals surface area (Å²) in [6.07, 6.45) is 0. The summed E-state index contributed by atoms with van der Waals surface area (Å²) in [7, 11) is 0. The summed E-state index contributed by atoms with van der Waals surface area (Å²) in [5.74, 6) is -0.660. The third-order valence-corrected chi connectivity index (χ3v) is 5.65. The first-order valence-corrected chi connectivity index (χ1v) is 10.6. The van der Waals surface area contributed by atoms with E-state index in [9.17, 15) is 14.7 Å². The van der Waals surface area contributed by atoms with Crippen LogP contribution in [0.2, 0.25) is 10.0 Å². The maximum atomic E-state index is 13.1. The van der Waals surface area contributed by atoms with Crippen LogP contribution in [0, 0.1) is 6.92 Å². The van der Waals surface area contributed by atoms with Crippen LogP contribution in [0.15, 0.2) is 64.6 Å². The number of ether oxygens (including phenoxy) is 1. The number of amides is 1. The lowest BCUT2D eigenvalue weighted by molar-refractivity contribution is -0.132. The highest BCUT2D eigenvalue weighted by molar-refractivity contribution is 6.51. The maximum Gasteiger partial charge on any atom is 0.300 e. The predicted octanol–water partition coefficient (Wildman–Crippen LogP) is 5.92. The van der Waals surface area contributed by atoms with Crippen LogP contribution in [0.1, 0.15) is 30.0 Å². The number of aryl methyl sites for hydroxylation is 1. The highest BCUT2D eigenvalue weighted by Gasteiger charge is 2.48. The van der Waals surface area contributed by atoms with Crippen molar-refractivity contribution in [2.24, 2.45) is 0 Å². The average molecular weight is 472 g/mol. The van der Waals surface area contributed by atoms with E-state index in [1.165, 1.54) is 11.0 Å². The molecule has 1 unspecified atom stereocenters. The van der Waals surface area contributed by atoms with Crippen molar-refractivity contribution in [3.8, 4) is 5.75 Å². The zero-order chi connectivity index (χ0) is 23.0. The van der Waals surface area contributed by atoms with Gasteiger partial charge in [-0.1, -0.05) is 23.2 Å². The summed E-state index contributed by atoms with van der Waals surface area (Å²) in [5, 5.41) is 12.0. The van der Waals surface area contributed by atoms with Gasteiger partial charge in [0.1, 0.15) is 29.1 Å². The van der Waals surface area contributed by atoms with E-state index in [0.717, 1.165) is 0 Å². The molecule has 0 spiro atoms. The fraction of sp³-hybridized carbons (Fsp3) is 0.167. The summed E-state index contributed by atoms with van der Waals surface area (Å²) in [4.78, 5) is 27.5. The SMILES string of the molecule is CCOc1cc(/C(O)=C2/C(=O)C(=O)N(c3ccc(Cl)cc3)C2c2ccc(C)o2)ccc1Cl. The minimum absolute atomic E-state index is 0.0935. The molecule has 1 atom stereocenters. The molecule has 2 heterocycles. The molecule has 0 aliphatic carbocycles. The number of rotatable bonds is 5. The molecular formula is C24H19Cl2NO5. The molecule has 0 saturated carbocycles. The molecule has 164 valence electrons. The average Bonchev–Trinajstić information content (AvgIpc) is 3.31. The van der Waals surface area contributed by atoms with Crippen molar-refractivity contribution in [2.75, 3.05) is 11.5 Å². The predicted molar refractivity (Wildman–Crippen MR) is 122 cm³/mol. The van der Waals surface area contributed by atoms with Gasteiger partial charge in [0.15, 0.2) is 0 Å². The first-order chi connectivity index (χ1) is 15.3. The van der Waals surface area contributed by atoms with Crippen molar-refractivity contribution in [1.29, 1.82) is 0 Å². The molecule has 1 aliphatic heterocycles. The molecule has 0 bridgehead atoms. The van der Waals surface area contributed by atoms with E-state index >= 15 is 0 Å². The fourth-order valence-electron chi connectivity index (χ4n) is 3.64. The second-order valence-electron chi connectivity index (χ2n) is 7.17. The number of hydrogen-bond acceptors (Lipinski definition) is 5. The van der Waals surface area contributed by atoms with Gasteiger partial charge in [-0.25, -0.2) is 0 Å². The number of furan rings is 1. The van der Waals surface area contributed by atoms with Gasteiger partial charge < -0.3 is 14.3 Å². The number of anilines is 1. The number of ketones is 1. The van der Waals surface area contributed by atoms with E-state index in [1.807, 2.05) is 0 Å². The van der Waals surface area contributed by atoms with Crippen LogP contribution in [0.4, 0.5) is 5.69 Å². The van der Waals surface area contributed by atoms with Gasteiger partial charge in [-0.15, -0.1) is 0 Å². The van der Waals surface area contributed by atoms with Crippen LogP contribution in [0.5, 0.6) is 5.75 Å². The zero-order valence-corrected chi connectivity index (χ0v) is 18.8. The minimum atomic E-state index is -0.962.